The molecule has 0 amide bonds. The summed E-state index contributed by atoms with van der Waals surface area (Å²) in [5, 5.41) is 9.22. The van der Waals surface area contributed by atoms with Gasteiger partial charge in [-0.2, -0.15) is 18.4 Å². The molecular weight excluding hydrogens is 379 g/mol. The van der Waals surface area contributed by atoms with Gasteiger partial charge in [0.05, 0.1) is 11.3 Å². The van der Waals surface area contributed by atoms with Crippen molar-refractivity contribution in [2.24, 2.45) is 4.99 Å². The summed E-state index contributed by atoms with van der Waals surface area (Å²) in [5.41, 5.74) is 1.45. The van der Waals surface area contributed by atoms with Crippen molar-refractivity contribution in [3.63, 3.8) is 0 Å². The lowest BCUT2D eigenvalue weighted by Gasteiger charge is -2.19. The second-order valence-corrected chi connectivity index (χ2v) is 6.47. The molecule has 0 aliphatic carbocycles. The molecule has 2 heterocycles. The minimum atomic E-state index is -4.44. The Bertz CT molecular complexity index is 1020. The lowest BCUT2D eigenvalue weighted by Crippen LogP contribution is -2.16. The van der Waals surface area contributed by atoms with Crippen LogP contribution in [0.25, 0.3) is 11.3 Å². The van der Waals surface area contributed by atoms with Crippen molar-refractivity contribution in [3.8, 4) is 17.3 Å². The Kier molecular flexibility index (Phi) is 6.07. The maximum absolute atomic E-state index is 13.0. The number of nitrogens with zero attached hydrogens (tertiary/aromatic N) is 5. The van der Waals surface area contributed by atoms with Crippen LogP contribution >= 0.6 is 0 Å². The topological polar surface area (TPSA) is 65.2 Å². The van der Waals surface area contributed by atoms with Crippen LogP contribution in [0.5, 0.6) is 0 Å². The van der Waals surface area contributed by atoms with Crippen molar-refractivity contribution in [1.29, 1.82) is 5.26 Å². The first kappa shape index (κ1) is 20.3. The van der Waals surface area contributed by atoms with Crippen molar-refractivity contribution >= 4 is 6.21 Å². The van der Waals surface area contributed by atoms with Gasteiger partial charge in [0.1, 0.15) is 6.07 Å². The first-order valence-corrected chi connectivity index (χ1v) is 8.96. The van der Waals surface area contributed by atoms with Gasteiger partial charge in [-0.15, -0.1) is 0 Å². The van der Waals surface area contributed by atoms with Crippen LogP contribution in [-0.2, 0) is 12.6 Å². The van der Waals surface area contributed by atoms with Crippen LogP contribution in [0, 0.1) is 11.3 Å². The van der Waals surface area contributed by atoms with Crippen molar-refractivity contribution < 1.29 is 13.2 Å². The van der Waals surface area contributed by atoms with Crippen LogP contribution in [0.3, 0.4) is 0 Å². The zero-order valence-electron chi connectivity index (χ0n) is 15.7. The van der Waals surface area contributed by atoms with E-state index >= 15 is 0 Å². The van der Waals surface area contributed by atoms with E-state index in [2.05, 4.69) is 15.0 Å². The minimum absolute atomic E-state index is 0.0611. The van der Waals surface area contributed by atoms with E-state index in [0.717, 1.165) is 24.3 Å². The van der Waals surface area contributed by atoms with Gasteiger partial charge in [0.25, 0.3) is 0 Å². The smallest absolute Gasteiger partial charge is 0.350 e. The molecule has 0 atom stereocenters. The summed E-state index contributed by atoms with van der Waals surface area (Å²) in [6.07, 6.45) is 4.09. The van der Waals surface area contributed by atoms with E-state index in [9.17, 15) is 18.4 Å². The van der Waals surface area contributed by atoms with Gasteiger partial charge >= 0.3 is 6.18 Å². The van der Waals surface area contributed by atoms with Crippen LogP contribution in [0.15, 0.2) is 59.5 Å². The van der Waals surface area contributed by atoms with Crippen LogP contribution < -0.4 is 0 Å². The molecule has 5 nitrogen and oxygen atoms in total. The molecule has 0 saturated heterocycles. The molecule has 0 spiro atoms. The van der Waals surface area contributed by atoms with E-state index < -0.39 is 11.7 Å². The zero-order valence-corrected chi connectivity index (χ0v) is 15.7. The summed E-state index contributed by atoms with van der Waals surface area (Å²) in [6.45, 7) is 2.67. The van der Waals surface area contributed by atoms with Gasteiger partial charge in [-0.25, -0.2) is 9.97 Å². The van der Waals surface area contributed by atoms with Crippen LogP contribution in [0.1, 0.15) is 30.4 Å². The summed E-state index contributed by atoms with van der Waals surface area (Å²) in [6, 6.07) is 8.43. The maximum Gasteiger partial charge on any atom is 0.416 e. The molecule has 1 aromatic carbocycles. The standard InChI is InChI=1S/C21H18F3N5/c1-15-14-26-8-4-10-29(15)9-3-7-18-12-19(28-20(13-25)27-18)16-5-2-6-17(11-16)21(22,23)24/h2,4-6,8,10-12,14H,3,7,9H2,1H3. The fourth-order valence-corrected chi connectivity index (χ4v) is 2.89. The second-order valence-electron chi connectivity index (χ2n) is 6.47. The van der Waals surface area contributed by atoms with Gasteiger partial charge in [0.15, 0.2) is 0 Å². The number of nitriles is 1. The van der Waals surface area contributed by atoms with E-state index in [-0.39, 0.29) is 5.82 Å². The van der Waals surface area contributed by atoms with Crippen LogP contribution in [0.4, 0.5) is 13.2 Å². The Morgan fingerprint density at radius 1 is 1.17 bits per heavy atom. The van der Waals surface area contributed by atoms with E-state index in [1.807, 2.05) is 30.2 Å². The van der Waals surface area contributed by atoms with Gasteiger partial charge < -0.3 is 4.90 Å². The number of hydrogen-bond donors (Lipinski definition) is 0. The van der Waals surface area contributed by atoms with E-state index in [4.69, 9.17) is 0 Å². The van der Waals surface area contributed by atoms with Crippen LogP contribution in [0.2, 0.25) is 0 Å². The van der Waals surface area contributed by atoms with Crippen molar-refractivity contribution in [2.45, 2.75) is 25.9 Å². The average Bonchev–Trinajstić information content (AvgIpc) is 2.91. The quantitative estimate of drug-likeness (QED) is 0.732. The van der Waals surface area contributed by atoms with Gasteiger partial charge in [-0.05, 0) is 44.0 Å². The van der Waals surface area contributed by atoms with Gasteiger partial charge in [-0.1, -0.05) is 12.1 Å². The highest BCUT2D eigenvalue weighted by Gasteiger charge is 2.30. The van der Waals surface area contributed by atoms with Crippen LogP contribution in [-0.4, -0.2) is 27.6 Å². The van der Waals surface area contributed by atoms with Gasteiger partial charge in [0, 0.05) is 42.1 Å². The number of allylic oxidation sites excluding steroid dienone is 2. The molecule has 148 valence electrons. The highest BCUT2D eigenvalue weighted by atomic mass is 19.4. The third kappa shape index (κ3) is 5.29. The van der Waals surface area contributed by atoms with Crippen molar-refractivity contribution in [2.75, 3.05) is 6.54 Å². The van der Waals surface area contributed by atoms with Gasteiger partial charge in [0.2, 0.25) is 5.82 Å². The Balaban J connectivity index is 1.79. The Labute approximate surface area is 166 Å². The molecular formula is C21H18F3N5. The first-order valence-electron chi connectivity index (χ1n) is 8.96. The number of rotatable bonds is 5. The van der Waals surface area contributed by atoms with E-state index in [1.54, 1.807) is 24.5 Å². The number of benzene rings is 1. The Hall–Kier alpha value is -3.47. The predicted octanol–water partition coefficient (Wildman–Crippen LogP) is 4.73. The maximum atomic E-state index is 13.0. The molecule has 0 radical (unpaired) electrons. The summed E-state index contributed by atoms with van der Waals surface area (Å²) < 4.78 is 39.0. The third-order valence-corrected chi connectivity index (χ3v) is 4.35. The molecule has 0 N–H and O–H groups in total. The van der Waals surface area contributed by atoms with E-state index in [1.165, 1.54) is 6.07 Å². The first-order chi connectivity index (χ1) is 13.9. The fraction of sp³-hybridized carbons (Fsp3) is 0.238. The monoisotopic (exact) mass is 397 g/mol. The second kappa shape index (κ2) is 8.69. The fourth-order valence-electron chi connectivity index (χ4n) is 2.89. The number of halogens is 3. The molecule has 0 unspecified atom stereocenters. The minimum Gasteiger partial charge on any atom is -0.350 e. The number of hydrogen-bond acceptors (Lipinski definition) is 5. The number of aryl methyl sites for hydroxylation is 1. The molecule has 2 aromatic rings. The summed E-state index contributed by atoms with van der Waals surface area (Å²) in [5.74, 6) is -0.0611. The van der Waals surface area contributed by atoms with Crippen molar-refractivity contribution in [3.05, 3.63) is 71.6 Å². The Morgan fingerprint density at radius 2 is 2.00 bits per heavy atom. The normalized spacial score (nSPS) is 13.8. The van der Waals surface area contributed by atoms with Crippen molar-refractivity contribution in [1.82, 2.24) is 14.9 Å². The SMILES string of the molecule is CC1=CN=CC=CN1CCCc1cc(-c2cccc(C(F)(F)F)c2)nc(C#N)n1. The highest BCUT2D eigenvalue weighted by Crippen LogP contribution is 2.31. The molecule has 0 bridgehead atoms. The largest absolute Gasteiger partial charge is 0.416 e. The molecule has 0 saturated carbocycles. The predicted molar refractivity (Wildman–Crippen MR) is 104 cm³/mol. The molecule has 1 aliphatic rings. The third-order valence-electron chi connectivity index (χ3n) is 4.35. The summed E-state index contributed by atoms with van der Waals surface area (Å²) >= 11 is 0. The average molecular weight is 397 g/mol. The number of aromatic nitrogens is 2. The lowest BCUT2D eigenvalue weighted by atomic mass is 10.1. The molecule has 1 aliphatic heterocycles. The highest BCUT2D eigenvalue weighted by molar-refractivity contribution is 5.72. The van der Waals surface area contributed by atoms with Gasteiger partial charge in [-0.3, -0.25) is 4.99 Å². The summed E-state index contributed by atoms with van der Waals surface area (Å²) in [7, 11) is 0. The summed E-state index contributed by atoms with van der Waals surface area (Å²) in [4.78, 5) is 14.4. The molecule has 1 aromatic heterocycles. The molecule has 0 fully saturated rings. The Morgan fingerprint density at radius 3 is 2.76 bits per heavy atom. The molecule has 3 rings (SSSR count). The lowest BCUT2D eigenvalue weighted by molar-refractivity contribution is -0.137. The number of aliphatic imine (C=N–C) groups is 1. The zero-order chi connectivity index (χ0) is 20.9. The molecule has 29 heavy (non-hydrogen) atoms. The van der Waals surface area contributed by atoms with E-state index in [0.29, 0.717) is 29.9 Å². The molecule has 8 heteroatoms. The number of alkyl halides is 3.